The van der Waals surface area contributed by atoms with E-state index in [0.717, 1.165) is 17.7 Å². The summed E-state index contributed by atoms with van der Waals surface area (Å²) in [4.78, 5) is 24.4. The number of benzene rings is 1. The van der Waals surface area contributed by atoms with Crippen LogP contribution in [0.3, 0.4) is 0 Å². The van der Waals surface area contributed by atoms with Crippen molar-refractivity contribution in [2.45, 2.75) is 49.5 Å². The first-order valence-corrected chi connectivity index (χ1v) is 11.7. The molecule has 0 radical (unpaired) electrons. The van der Waals surface area contributed by atoms with E-state index in [0.29, 0.717) is 31.7 Å². The van der Waals surface area contributed by atoms with Crippen molar-refractivity contribution in [2.24, 2.45) is 5.92 Å². The zero-order valence-electron chi connectivity index (χ0n) is 17.1. The summed E-state index contributed by atoms with van der Waals surface area (Å²) in [6, 6.07) is 10.2. The Kier molecular flexibility index (Phi) is 4.24. The van der Waals surface area contributed by atoms with Gasteiger partial charge in [-0.15, -0.1) is 0 Å². The monoisotopic (exact) mass is 427 g/mol. The Labute approximate surface area is 175 Å². The van der Waals surface area contributed by atoms with Gasteiger partial charge in [0.15, 0.2) is 0 Å². The highest BCUT2D eigenvalue weighted by Crippen LogP contribution is 2.40. The van der Waals surface area contributed by atoms with Crippen molar-refractivity contribution in [2.75, 3.05) is 18.4 Å². The van der Waals surface area contributed by atoms with Crippen LogP contribution in [-0.2, 0) is 26.8 Å². The number of carbonyl (C=O) groups excluding carboxylic acids is 1. The molecular weight excluding hydrogens is 402 g/mol. The summed E-state index contributed by atoms with van der Waals surface area (Å²) in [5.74, 6) is 0.0925. The number of amides is 1. The molecule has 5 rings (SSSR count). The second-order valence-electron chi connectivity index (χ2n) is 9.34. The molecule has 1 aromatic heterocycles. The average molecular weight is 428 g/mol. The molecule has 2 bridgehead atoms. The molecule has 158 valence electrons. The lowest BCUT2D eigenvalue weighted by Gasteiger charge is -2.42. The summed E-state index contributed by atoms with van der Waals surface area (Å²) in [5.41, 5.74) is 2.00. The van der Waals surface area contributed by atoms with Crippen molar-refractivity contribution in [3.63, 3.8) is 0 Å². The van der Waals surface area contributed by atoms with Gasteiger partial charge in [0.2, 0.25) is 15.9 Å². The topological polar surface area (TPSA) is 88.5 Å². The van der Waals surface area contributed by atoms with Crippen molar-refractivity contribution in [3.8, 4) is 0 Å². The van der Waals surface area contributed by atoms with Gasteiger partial charge in [-0.25, -0.2) is 8.42 Å². The average Bonchev–Trinajstić information content (AvgIpc) is 2.67. The predicted molar refractivity (Wildman–Crippen MR) is 113 cm³/mol. The standard InChI is InChI=1S/C22H25N3O4S/c1-22(2)10-20(26)23-18-7-6-16(9-17(18)22)30(28,29)24-11-14-8-15(13-24)19-4-3-5-21(27)25(19)12-14/h3-7,9,14-15H,8,10-13H2,1-2H3,(H,23,26)/t14-,15+/m1/s1. The van der Waals surface area contributed by atoms with Gasteiger partial charge in [-0.2, -0.15) is 4.31 Å². The minimum absolute atomic E-state index is 0.0162. The van der Waals surface area contributed by atoms with Gasteiger partial charge >= 0.3 is 0 Å². The number of nitrogens with one attached hydrogen (secondary N) is 1. The Morgan fingerprint density at radius 1 is 1.07 bits per heavy atom. The van der Waals surface area contributed by atoms with Crippen LogP contribution < -0.4 is 10.9 Å². The molecule has 8 heteroatoms. The van der Waals surface area contributed by atoms with Crippen LogP contribution in [0.1, 0.15) is 43.9 Å². The summed E-state index contributed by atoms with van der Waals surface area (Å²) in [5, 5.41) is 2.84. The highest BCUT2D eigenvalue weighted by atomic mass is 32.2. The third-order valence-corrected chi connectivity index (χ3v) is 8.51. The Hall–Kier alpha value is -2.45. The fourth-order valence-corrected chi connectivity index (χ4v) is 6.83. The maximum atomic E-state index is 13.5. The molecule has 3 aliphatic heterocycles. The molecule has 1 fully saturated rings. The highest BCUT2D eigenvalue weighted by Gasteiger charge is 2.40. The molecule has 2 atom stereocenters. The molecule has 30 heavy (non-hydrogen) atoms. The van der Waals surface area contributed by atoms with Gasteiger partial charge in [-0.3, -0.25) is 9.59 Å². The first-order chi connectivity index (χ1) is 14.1. The van der Waals surface area contributed by atoms with Crippen LogP contribution in [-0.4, -0.2) is 36.3 Å². The molecule has 0 aliphatic carbocycles. The van der Waals surface area contributed by atoms with Gasteiger partial charge in [-0.05, 0) is 42.2 Å². The van der Waals surface area contributed by atoms with E-state index in [2.05, 4.69) is 5.32 Å². The van der Waals surface area contributed by atoms with Crippen molar-refractivity contribution in [1.29, 1.82) is 0 Å². The molecule has 3 aliphatic rings. The first-order valence-electron chi connectivity index (χ1n) is 10.3. The minimum atomic E-state index is -3.68. The van der Waals surface area contributed by atoms with Crippen LogP contribution >= 0.6 is 0 Å². The fraction of sp³-hybridized carbons (Fsp3) is 0.455. The van der Waals surface area contributed by atoms with Crippen LogP contribution in [0, 0.1) is 5.92 Å². The van der Waals surface area contributed by atoms with Crippen molar-refractivity contribution < 1.29 is 13.2 Å². The number of nitrogens with zero attached hydrogens (tertiary/aromatic N) is 2. The van der Waals surface area contributed by atoms with Crippen molar-refractivity contribution >= 4 is 21.6 Å². The van der Waals surface area contributed by atoms with Crippen LogP contribution in [0.25, 0.3) is 0 Å². The van der Waals surface area contributed by atoms with Crippen LogP contribution in [0.4, 0.5) is 5.69 Å². The Bertz CT molecular complexity index is 1220. The summed E-state index contributed by atoms with van der Waals surface area (Å²) in [7, 11) is -3.68. The number of hydrogen-bond donors (Lipinski definition) is 1. The van der Waals surface area contributed by atoms with E-state index in [-0.39, 0.29) is 28.2 Å². The molecule has 2 aromatic rings. The summed E-state index contributed by atoms with van der Waals surface area (Å²) >= 11 is 0. The third kappa shape index (κ3) is 3.01. The predicted octanol–water partition coefficient (Wildman–Crippen LogP) is 2.28. The Morgan fingerprint density at radius 2 is 1.87 bits per heavy atom. The second kappa shape index (κ2) is 6.52. The smallest absolute Gasteiger partial charge is 0.250 e. The van der Waals surface area contributed by atoms with E-state index in [4.69, 9.17) is 0 Å². The minimum Gasteiger partial charge on any atom is -0.326 e. The quantitative estimate of drug-likeness (QED) is 0.796. The van der Waals surface area contributed by atoms with Gasteiger partial charge in [0, 0.05) is 54.8 Å². The van der Waals surface area contributed by atoms with E-state index in [1.54, 1.807) is 39.2 Å². The van der Waals surface area contributed by atoms with Gasteiger partial charge in [0.1, 0.15) is 0 Å². The molecule has 1 amide bonds. The van der Waals surface area contributed by atoms with Gasteiger partial charge in [0.25, 0.3) is 5.56 Å². The number of hydrogen-bond acceptors (Lipinski definition) is 4. The zero-order chi connectivity index (χ0) is 21.3. The van der Waals surface area contributed by atoms with Gasteiger partial charge in [-0.1, -0.05) is 19.9 Å². The van der Waals surface area contributed by atoms with E-state index < -0.39 is 15.4 Å². The third-order valence-electron chi connectivity index (χ3n) is 6.68. The number of piperidine rings is 1. The lowest BCUT2D eigenvalue weighted by Crippen LogP contribution is -2.49. The zero-order valence-corrected chi connectivity index (χ0v) is 17.9. The first kappa shape index (κ1) is 19.5. The van der Waals surface area contributed by atoms with Crippen LogP contribution in [0.15, 0.2) is 46.1 Å². The number of anilines is 1. The van der Waals surface area contributed by atoms with E-state index in [1.807, 2.05) is 19.9 Å². The molecule has 1 saturated heterocycles. The van der Waals surface area contributed by atoms with Crippen LogP contribution in [0.2, 0.25) is 0 Å². The lowest BCUT2D eigenvalue weighted by molar-refractivity contribution is -0.117. The number of pyridine rings is 1. The van der Waals surface area contributed by atoms with Gasteiger partial charge in [0.05, 0.1) is 4.90 Å². The summed E-state index contributed by atoms with van der Waals surface area (Å²) in [6.45, 7) is 5.26. The highest BCUT2D eigenvalue weighted by molar-refractivity contribution is 7.89. The molecule has 1 N–H and O–H groups in total. The Balaban J connectivity index is 1.50. The second-order valence-corrected chi connectivity index (χ2v) is 11.3. The van der Waals surface area contributed by atoms with E-state index in [9.17, 15) is 18.0 Å². The van der Waals surface area contributed by atoms with Gasteiger partial charge < -0.3 is 9.88 Å². The lowest BCUT2D eigenvalue weighted by atomic mass is 9.78. The maximum absolute atomic E-state index is 13.5. The summed E-state index contributed by atoms with van der Waals surface area (Å²) in [6.07, 6.45) is 1.22. The largest absolute Gasteiger partial charge is 0.326 e. The fourth-order valence-electron chi connectivity index (χ4n) is 5.24. The molecule has 7 nitrogen and oxygen atoms in total. The van der Waals surface area contributed by atoms with Crippen LogP contribution in [0.5, 0.6) is 0 Å². The van der Waals surface area contributed by atoms with E-state index in [1.165, 1.54) is 0 Å². The maximum Gasteiger partial charge on any atom is 0.250 e. The van der Waals surface area contributed by atoms with Crippen molar-refractivity contribution in [1.82, 2.24) is 8.87 Å². The van der Waals surface area contributed by atoms with E-state index >= 15 is 0 Å². The SMILES string of the molecule is CC1(C)CC(=O)Nc2ccc(S(=O)(=O)N3C[C@H]4C[C@@H](C3)c3cccc(=O)n3C4)cc21. The number of sulfonamides is 1. The molecule has 1 aromatic carbocycles. The number of aromatic nitrogens is 1. The molecule has 0 saturated carbocycles. The molecule has 0 spiro atoms. The number of carbonyl (C=O) groups is 1. The molecule has 0 unspecified atom stereocenters. The summed E-state index contributed by atoms with van der Waals surface area (Å²) < 4.78 is 30.4. The number of fused-ring (bicyclic) bond motifs is 5. The van der Waals surface area contributed by atoms with Crippen molar-refractivity contribution in [3.05, 3.63) is 58.0 Å². The normalized spacial score (nSPS) is 25.2. The molecule has 4 heterocycles. The number of rotatable bonds is 2. The Morgan fingerprint density at radius 3 is 2.67 bits per heavy atom. The molecular formula is C22H25N3O4S.